The van der Waals surface area contributed by atoms with E-state index in [1.807, 2.05) is 6.07 Å². The highest BCUT2D eigenvalue weighted by Crippen LogP contribution is 2.38. The molecule has 2 aromatic heterocycles. The molecule has 148 valence electrons. The number of hydrogen-bond donors (Lipinski definition) is 2. The maximum atomic E-state index is 12.7. The predicted molar refractivity (Wildman–Crippen MR) is 118 cm³/mol. The summed E-state index contributed by atoms with van der Waals surface area (Å²) < 4.78 is 0. The second-order valence-electron chi connectivity index (χ2n) is 7.25. The van der Waals surface area contributed by atoms with Gasteiger partial charge in [0.1, 0.15) is 17.1 Å². The van der Waals surface area contributed by atoms with E-state index >= 15 is 0 Å². The average Bonchev–Trinajstić information content (AvgIpc) is 3.46. The van der Waals surface area contributed by atoms with E-state index in [-0.39, 0.29) is 11.9 Å². The number of quaternary nitrogens is 1. The van der Waals surface area contributed by atoms with E-state index in [2.05, 4.69) is 59.3 Å². The van der Waals surface area contributed by atoms with E-state index in [0.29, 0.717) is 12.1 Å². The highest BCUT2D eigenvalue weighted by atomic mass is 32.1. The zero-order chi connectivity index (χ0) is 20.2. The molecule has 0 saturated heterocycles. The van der Waals surface area contributed by atoms with Gasteiger partial charge in [-0.15, -0.1) is 22.7 Å². The minimum atomic E-state index is -0.0619. The summed E-state index contributed by atoms with van der Waals surface area (Å²) in [6, 6.07) is 15.2. The number of carbonyl (C=O) groups excluding carboxylic acids is 1. The molecular weight excluding hydrogens is 398 g/mol. The second-order valence-corrected chi connectivity index (χ2v) is 9.33. The third-order valence-electron chi connectivity index (χ3n) is 5.42. The lowest BCUT2D eigenvalue weighted by atomic mass is 10.0. The molecule has 29 heavy (non-hydrogen) atoms. The van der Waals surface area contributed by atoms with Crippen molar-refractivity contribution in [3.8, 4) is 6.07 Å². The maximum Gasteiger partial charge on any atom is 0.280 e. The Kier molecular flexibility index (Phi) is 6.10. The smallest absolute Gasteiger partial charge is 0.280 e. The van der Waals surface area contributed by atoms with E-state index < -0.39 is 0 Å². The molecule has 0 saturated carbocycles. The lowest BCUT2D eigenvalue weighted by molar-refractivity contribution is -0.675. The summed E-state index contributed by atoms with van der Waals surface area (Å²) in [5.74, 6) is -0.0619. The number of rotatable bonds is 7. The number of hydrogen-bond acceptors (Lipinski definition) is 4. The molecule has 0 fully saturated rings. The topological polar surface area (TPSA) is 69.5 Å². The average molecular weight is 423 g/mol. The highest BCUT2D eigenvalue weighted by Gasteiger charge is 2.24. The van der Waals surface area contributed by atoms with Crippen LogP contribution in [0.25, 0.3) is 0 Å². The van der Waals surface area contributed by atoms with Crippen LogP contribution in [0.5, 0.6) is 0 Å². The summed E-state index contributed by atoms with van der Waals surface area (Å²) in [7, 11) is 0. The number of nitrogens with one attached hydrogen (secondary N) is 1. The van der Waals surface area contributed by atoms with Crippen molar-refractivity contribution in [3.63, 3.8) is 0 Å². The molecule has 1 aliphatic carbocycles. The first-order valence-corrected chi connectivity index (χ1v) is 11.7. The molecule has 0 spiro atoms. The largest absolute Gasteiger partial charge is 0.328 e. The summed E-state index contributed by atoms with van der Waals surface area (Å²) in [6.45, 7) is 2.46. The van der Waals surface area contributed by atoms with E-state index in [1.165, 1.54) is 20.9 Å². The van der Waals surface area contributed by atoms with Gasteiger partial charge in [0.15, 0.2) is 6.54 Å². The quantitative estimate of drug-likeness (QED) is 0.604. The van der Waals surface area contributed by atoms with Gasteiger partial charge in [-0.25, -0.2) is 0 Å². The van der Waals surface area contributed by atoms with E-state index in [1.54, 1.807) is 22.7 Å². The first-order chi connectivity index (χ1) is 14.2. The molecule has 3 N–H and O–H groups in total. The van der Waals surface area contributed by atoms with Gasteiger partial charge in [0, 0.05) is 10.4 Å². The van der Waals surface area contributed by atoms with Crippen LogP contribution in [0, 0.1) is 11.3 Å². The van der Waals surface area contributed by atoms with E-state index in [9.17, 15) is 10.1 Å². The second kappa shape index (κ2) is 8.91. The fourth-order valence-electron chi connectivity index (χ4n) is 3.86. The van der Waals surface area contributed by atoms with Crippen LogP contribution >= 0.6 is 22.7 Å². The Labute approximate surface area is 179 Å². The Hall–Kier alpha value is -2.46. The molecule has 0 aliphatic heterocycles. The molecule has 3 aromatic rings. The minimum Gasteiger partial charge on any atom is -0.328 e. The van der Waals surface area contributed by atoms with Crippen molar-refractivity contribution in [1.29, 1.82) is 5.26 Å². The number of fused-ring (bicyclic) bond motifs is 1. The van der Waals surface area contributed by atoms with Crippen LogP contribution < -0.4 is 10.6 Å². The SMILES string of the molecule is CCc1ccc([C@@H]([NH2+]CC(=O)Nc2sc3c(c2C#N)CCC3)c2cccs2)cc1. The van der Waals surface area contributed by atoms with Gasteiger partial charge in [-0.1, -0.05) is 37.3 Å². The van der Waals surface area contributed by atoms with Gasteiger partial charge in [0.05, 0.1) is 10.4 Å². The Morgan fingerprint density at radius 2 is 2.10 bits per heavy atom. The number of benzene rings is 1. The van der Waals surface area contributed by atoms with Gasteiger partial charge < -0.3 is 10.6 Å². The number of anilines is 1. The predicted octanol–water partition coefficient (Wildman–Crippen LogP) is 4.02. The molecule has 1 amide bonds. The molecule has 2 heterocycles. The summed E-state index contributed by atoms with van der Waals surface area (Å²) in [5.41, 5.74) is 4.32. The Morgan fingerprint density at radius 1 is 1.28 bits per heavy atom. The monoisotopic (exact) mass is 422 g/mol. The van der Waals surface area contributed by atoms with Crippen LogP contribution in [0.4, 0.5) is 5.00 Å². The summed E-state index contributed by atoms with van der Waals surface area (Å²) in [6.07, 6.45) is 4.09. The fraction of sp³-hybridized carbons (Fsp3) is 0.304. The number of carbonyl (C=O) groups is 1. The first-order valence-electron chi connectivity index (χ1n) is 9.99. The van der Waals surface area contributed by atoms with Gasteiger partial charge in [-0.2, -0.15) is 5.26 Å². The Balaban J connectivity index is 1.46. The van der Waals surface area contributed by atoms with Crippen molar-refractivity contribution in [1.82, 2.24) is 0 Å². The minimum absolute atomic E-state index is 0.0619. The molecule has 6 heteroatoms. The van der Waals surface area contributed by atoms with Gasteiger partial charge >= 0.3 is 0 Å². The van der Waals surface area contributed by atoms with Crippen LogP contribution in [0.2, 0.25) is 0 Å². The van der Waals surface area contributed by atoms with Crippen molar-refractivity contribution >= 4 is 33.6 Å². The number of aryl methyl sites for hydroxylation is 2. The van der Waals surface area contributed by atoms with E-state index in [0.717, 1.165) is 36.2 Å². The zero-order valence-electron chi connectivity index (χ0n) is 16.4. The molecule has 0 radical (unpaired) electrons. The van der Waals surface area contributed by atoms with Crippen molar-refractivity contribution in [2.45, 2.75) is 38.6 Å². The molecule has 1 aromatic carbocycles. The summed E-state index contributed by atoms with van der Waals surface area (Å²) >= 11 is 3.28. The fourth-order valence-corrected chi connectivity index (χ4v) is 5.96. The number of nitrogens with two attached hydrogens (primary N) is 1. The molecule has 1 atom stereocenters. The van der Waals surface area contributed by atoms with Gasteiger partial charge in [-0.05, 0) is 48.3 Å². The number of amides is 1. The Bertz CT molecular complexity index is 1030. The normalized spacial score (nSPS) is 13.7. The highest BCUT2D eigenvalue weighted by molar-refractivity contribution is 7.16. The first kappa shape index (κ1) is 19.8. The van der Waals surface area contributed by atoms with Crippen molar-refractivity contribution in [2.75, 3.05) is 11.9 Å². The molecule has 1 aliphatic rings. The van der Waals surface area contributed by atoms with Crippen LogP contribution in [-0.2, 0) is 24.1 Å². The van der Waals surface area contributed by atoms with Gasteiger partial charge in [0.25, 0.3) is 5.91 Å². The van der Waals surface area contributed by atoms with Crippen LogP contribution in [0.3, 0.4) is 0 Å². The molecular formula is C23H24N3OS2+. The van der Waals surface area contributed by atoms with Gasteiger partial charge in [-0.3, -0.25) is 4.79 Å². The third-order valence-corrected chi connectivity index (χ3v) is 7.58. The Morgan fingerprint density at radius 3 is 2.79 bits per heavy atom. The maximum absolute atomic E-state index is 12.7. The van der Waals surface area contributed by atoms with E-state index in [4.69, 9.17) is 0 Å². The van der Waals surface area contributed by atoms with Crippen molar-refractivity contribution in [2.24, 2.45) is 0 Å². The molecule has 0 unspecified atom stereocenters. The third kappa shape index (κ3) is 4.27. The van der Waals surface area contributed by atoms with Crippen molar-refractivity contribution < 1.29 is 10.1 Å². The van der Waals surface area contributed by atoms with Crippen LogP contribution in [0.1, 0.15) is 51.4 Å². The number of thiophene rings is 2. The number of nitriles is 1. The molecule has 0 bridgehead atoms. The number of nitrogens with zero attached hydrogens (tertiary/aromatic N) is 1. The van der Waals surface area contributed by atoms with Gasteiger partial charge in [0.2, 0.25) is 0 Å². The van der Waals surface area contributed by atoms with Crippen LogP contribution in [-0.4, -0.2) is 12.5 Å². The standard InChI is InChI=1S/C23H23N3OS2/c1-2-15-8-10-16(11-9-15)22(20-7-4-12-28-20)25-14-21(27)26-23-18(13-24)17-5-3-6-19(17)29-23/h4,7-12,22,25H,2-3,5-6,14H2,1H3,(H,26,27)/p+1/t22-/m1/s1. The van der Waals surface area contributed by atoms with Crippen molar-refractivity contribution in [3.05, 3.63) is 73.8 Å². The molecule has 4 nitrogen and oxygen atoms in total. The summed E-state index contributed by atoms with van der Waals surface area (Å²) in [5, 5.41) is 17.4. The lowest BCUT2D eigenvalue weighted by Gasteiger charge is -2.15. The zero-order valence-corrected chi connectivity index (χ0v) is 18.0. The van der Waals surface area contributed by atoms with Crippen LogP contribution in [0.15, 0.2) is 41.8 Å². The lowest BCUT2D eigenvalue weighted by Crippen LogP contribution is -2.87. The molecule has 4 rings (SSSR count). The summed E-state index contributed by atoms with van der Waals surface area (Å²) in [4.78, 5) is 15.2.